The van der Waals surface area contributed by atoms with E-state index in [9.17, 15) is 0 Å². The van der Waals surface area contributed by atoms with E-state index in [0.29, 0.717) is 6.04 Å². The van der Waals surface area contributed by atoms with Crippen molar-refractivity contribution in [1.82, 2.24) is 0 Å². The van der Waals surface area contributed by atoms with E-state index in [1.807, 2.05) is 0 Å². The molecule has 2 bridgehead atoms. The molecule has 3 saturated carbocycles. The van der Waals surface area contributed by atoms with Gasteiger partial charge < -0.3 is 5.73 Å². The third-order valence-electron chi connectivity index (χ3n) is 4.48. The molecule has 2 N–H and O–H groups in total. The molecular weight excluding hydrogens is 134 g/mol. The minimum Gasteiger partial charge on any atom is -0.327 e. The topological polar surface area (TPSA) is 26.0 Å². The van der Waals surface area contributed by atoms with Crippen LogP contribution in [0.25, 0.3) is 0 Å². The average Bonchev–Trinajstić information content (AvgIpc) is 2.52. The van der Waals surface area contributed by atoms with Crippen LogP contribution in [0.15, 0.2) is 0 Å². The van der Waals surface area contributed by atoms with Crippen LogP contribution < -0.4 is 5.73 Å². The first-order valence-corrected chi connectivity index (χ1v) is 5.12. The molecule has 0 aromatic heterocycles. The van der Waals surface area contributed by atoms with Crippen molar-refractivity contribution in [2.24, 2.45) is 29.4 Å². The van der Waals surface area contributed by atoms with Crippen molar-refractivity contribution >= 4 is 0 Å². The molecule has 0 radical (unpaired) electrons. The Hall–Kier alpha value is -0.0400. The summed E-state index contributed by atoms with van der Waals surface area (Å²) in [6.45, 7) is 0. The summed E-state index contributed by atoms with van der Waals surface area (Å²) in [4.78, 5) is 0. The van der Waals surface area contributed by atoms with Crippen LogP contribution in [0.2, 0.25) is 0 Å². The molecule has 11 heavy (non-hydrogen) atoms. The third-order valence-corrected chi connectivity index (χ3v) is 4.48. The van der Waals surface area contributed by atoms with Gasteiger partial charge >= 0.3 is 0 Å². The second-order valence-electron chi connectivity index (χ2n) is 4.82. The summed E-state index contributed by atoms with van der Waals surface area (Å²) in [5.41, 5.74) is 6.08. The molecule has 3 aliphatic carbocycles. The fourth-order valence-electron chi connectivity index (χ4n) is 4.12. The highest BCUT2D eigenvalue weighted by atomic mass is 14.7. The molecule has 2 unspecified atom stereocenters. The zero-order valence-corrected chi connectivity index (χ0v) is 7.00. The fourth-order valence-corrected chi connectivity index (χ4v) is 4.12. The molecule has 0 saturated heterocycles. The Kier molecular flexibility index (Phi) is 1.18. The molecule has 0 aromatic rings. The zero-order chi connectivity index (χ0) is 7.42. The lowest BCUT2D eigenvalue weighted by Gasteiger charge is -2.28. The van der Waals surface area contributed by atoms with Crippen LogP contribution in [0.1, 0.15) is 32.1 Å². The highest BCUT2D eigenvalue weighted by Gasteiger charge is 2.52. The van der Waals surface area contributed by atoms with Crippen LogP contribution in [0.4, 0.5) is 0 Å². The highest BCUT2D eigenvalue weighted by molar-refractivity contribution is 5.04. The second kappa shape index (κ2) is 2.01. The van der Waals surface area contributed by atoms with Gasteiger partial charge in [0.1, 0.15) is 0 Å². The number of hydrogen-bond acceptors (Lipinski definition) is 1. The van der Waals surface area contributed by atoms with Gasteiger partial charge in [-0.25, -0.2) is 0 Å². The van der Waals surface area contributed by atoms with Crippen molar-refractivity contribution in [3.05, 3.63) is 0 Å². The number of fused-ring (bicyclic) bond motifs is 5. The molecule has 0 aliphatic heterocycles. The van der Waals surface area contributed by atoms with E-state index >= 15 is 0 Å². The standard InChI is InChI=1S/C10H17N/c11-10-5-6-4-9(10)8-3-1-2-7(6)8/h6-10H,1-5,11H2/t6?,7-,8-,9?,10-/m1/s1. The van der Waals surface area contributed by atoms with Gasteiger partial charge in [-0.3, -0.25) is 0 Å². The van der Waals surface area contributed by atoms with Crippen LogP contribution in [-0.4, -0.2) is 6.04 Å². The molecule has 3 fully saturated rings. The minimum absolute atomic E-state index is 0.583. The quantitative estimate of drug-likeness (QED) is 0.561. The SMILES string of the molecule is N[C@@H]1CC2CC1[C@@H]1CCC[C@H]21. The second-order valence-corrected chi connectivity index (χ2v) is 4.82. The molecule has 1 heteroatoms. The molecule has 0 aromatic carbocycles. The van der Waals surface area contributed by atoms with Crippen molar-refractivity contribution < 1.29 is 0 Å². The van der Waals surface area contributed by atoms with E-state index in [-0.39, 0.29) is 0 Å². The predicted octanol–water partition coefficient (Wildman–Crippen LogP) is 1.77. The normalized spacial score (nSPS) is 60.3. The summed E-state index contributed by atoms with van der Waals surface area (Å²) in [7, 11) is 0. The first-order chi connectivity index (χ1) is 5.36. The maximum atomic E-state index is 6.08. The molecule has 3 rings (SSSR count). The monoisotopic (exact) mass is 151 g/mol. The summed E-state index contributed by atoms with van der Waals surface area (Å²) in [5, 5.41) is 0. The summed E-state index contributed by atoms with van der Waals surface area (Å²) in [5.74, 6) is 4.15. The van der Waals surface area contributed by atoms with Gasteiger partial charge in [0.05, 0.1) is 0 Å². The summed E-state index contributed by atoms with van der Waals surface area (Å²) in [6.07, 6.45) is 7.36. The van der Waals surface area contributed by atoms with Crippen molar-refractivity contribution in [1.29, 1.82) is 0 Å². The van der Waals surface area contributed by atoms with Crippen molar-refractivity contribution in [2.45, 2.75) is 38.1 Å². The summed E-state index contributed by atoms with van der Waals surface area (Å²) in [6, 6.07) is 0.583. The van der Waals surface area contributed by atoms with E-state index < -0.39 is 0 Å². The van der Waals surface area contributed by atoms with E-state index in [1.165, 1.54) is 32.1 Å². The molecule has 5 atom stereocenters. The van der Waals surface area contributed by atoms with Gasteiger partial charge in [-0.15, -0.1) is 0 Å². The smallest absolute Gasteiger partial charge is 0.00727 e. The number of nitrogens with two attached hydrogens (primary N) is 1. The average molecular weight is 151 g/mol. The third kappa shape index (κ3) is 0.703. The molecule has 0 heterocycles. The van der Waals surface area contributed by atoms with Crippen LogP contribution >= 0.6 is 0 Å². The maximum Gasteiger partial charge on any atom is 0.00727 e. The number of rotatable bonds is 0. The molecule has 1 nitrogen and oxygen atoms in total. The van der Waals surface area contributed by atoms with Crippen LogP contribution in [0.3, 0.4) is 0 Å². The largest absolute Gasteiger partial charge is 0.327 e. The lowest BCUT2D eigenvalue weighted by atomic mass is 9.79. The Morgan fingerprint density at radius 2 is 1.73 bits per heavy atom. The molecule has 3 aliphatic rings. The van der Waals surface area contributed by atoms with Crippen molar-refractivity contribution in [3.8, 4) is 0 Å². The minimum atomic E-state index is 0.583. The lowest BCUT2D eigenvalue weighted by molar-refractivity contribution is 0.234. The molecule has 0 spiro atoms. The zero-order valence-electron chi connectivity index (χ0n) is 7.00. The van der Waals surface area contributed by atoms with Gasteiger partial charge in [-0.2, -0.15) is 0 Å². The maximum absolute atomic E-state index is 6.08. The first-order valence-electron chi connectivity index (χ1n) is 5.12. The van der Waals surface area contributed by atoms with Gasteiger partial charge in [-0.05, 0) is 49.4 Å². The van der Waals surface area contributed by atoms with Gasteiger partial charge in [0.15, 0.2) is 0 Å². The van der Waals surface area contributed by atoms with Crippen LogP contribution in [0.5, 0.6) is 0 Å². The van der Waals surface area contributed by atoms with Crippen molar-refractivity contribution in [3.63, 3.8) is 0 Å². The molecule has 0 amide bonds. The highest BCUT2D eigenvalue weighted by Crippen LogP contribution is 2.58. The Balaban J connectivity index is 1.90. The van der Waals surface area contributed by atoms with Gasteiger partial charge in [0, 0.05) is 6.04 Å². The van der Waals surface area contributed by atoms with Crippen LogP contribution in [0, 0.1) is 23.7 Å². The van der Waals surface area contributed by atoms with E-state index in [4.69, 9.17) is 5.73 Å². The van der Waals surface area contributed by atoms with Crippen LogP contribution in [-0.2, 0) is 0 Å². The van der Waals surface area contributed by atoms with Gasteiger partial charge in [0.25, 0.3) is 0 Å². The Morgan fingerprint density at radius 3 is 2.64 bits per heavy atom. The van der Waals surface area contributed by atoms with Gasteiger partial charge in [0.2, 0.25) is 0 Å². The fraction of sp³-hybridized carbons (Fsp3) is 1.00. The van der Waals surface area contributed by atoms with Crippen molar-refractivity contribution in [2.75, 3.05) is 0 Å². The summed E-state index contributed by atoms with van der Waals surface area (Å²) < 4.78 is 0. The van der Waals surface area contributed by atoms with E-state index in [0.717, 1.165) is 23.7 Å². The Morgan fingerprint density at radius 1 is 0.909 bits per heavy atom. The van der Waals surface area contributed by atoms with Gasteiger partial charge in [-0.1, -0.05) is 6.42 Å². The molecular formula is C10H17N. The summed E-state index contributed by atoms with van der Waals surface area (Å²) >= 11 is 0. The molecule has 62 valence electrons. The lowest BCUT2D eigenvalue weighted by Crippen LogP contribution is -2.34. The first kappa shape index (κ1) is 6.47. The Labute approximate surface area is 68.3 Å². The predicted molar refractivity (Wildman–Crippen MR) is 45.0 cm³/mol. The van der Waals surface area contributed by atoms with E-state index in [2.05, 4.69) is 0 Å². The Bertz CT molecular complexity index is 178. The van der Waals surface area contributed by atoms with E-state index in [1.54, 1.807) is 0 Å². The number of hydrogen-bond donors (Lipinski definition) is 1.